The Morgan fingerprint density at radius 2 is 1.65 bits per heavy atom. The van der Waals surface area contributed by atoms with Gasteiger partial charge in [-0.3, -0.25) is 9.52 Å². The molecular formula is C23H19Cl2NO4S. The second kappa shape index (κ2) is 8.91. The molecule has 160 valence electrons. The first-order chi connectivity index (χ1) is 14.8. The van der Waals surface area contributed by atoms with E-state index in [0.717, 1.165) is 22.3 Å². The lowest BCUT2D eigenvalue weighted by Crippen LogP contribution is -2.40. The van der Waals surface area contributed by atoms with Crippen molar-refractivity contribution in [1.29, 1.82) is 0 Å². The average molecular weight is 476 g/mol. The molecule has 1 fully saturated rings. The fourth-order valence-electron chi connectivity index (χ4n) is 3.61. The molecule has 1 atom stereocenters. The standard InChI is InChI=1S/C23H19Cl2NO4S/c24-20-5-2-6-21(25)23(20)17-4-1-3-15(11-17)13-30-19-9-7-16(8-10-19)18-12-22(27)26-31(28,29)14-18/h1-11,18H,12-14H2,(H,26,27). The first kappa shape index (κ1) is 21.7. The summed E-state index contributed by atoms with van der Waals surface area (Å²) in [6.45, 7) is 0.343. The SMILES string of the molecule is O=C1CC(c2ccc(OCc3cccc(-c4c(Cl)cccc4Cl)c3)cc2)CS(=O)(=O)N1. The summed E-state index contributed by atoms with van der Waals surface area (Å²) in [5.74, 6) is -0.288. The van der Waals surface area contributed by atoms with Crippen molar-refractivity contribution in [3.63, 3.8) is 0 Å². The van der Waals surface area contributed by atoms with Crippen molar-refractivity contribution in [3.05, 3.63) is 87.9 Å². The van der Waals surface area contributed by atoms with Gasteiger partial charge in [-0.2, -0.15) is 0 Å². The molecule has 5 nitrogen and oxygen atoms in total. The number of halogens is 2. The predicted octanol–water partition coefficient (Wildman–Crippen LogP) is 5.17. The van der Waals surface area contributed by atoms with Crippen molar-refractivity contribution >= 4 is 39.1 Å². The van der Waals surface area contributed by atoms with E-state index in [-0.39, 0.29) is 18.1 Å². The Morgan fingerprint density at radius 1 is 0.968 bits per heavy atom. The molecule has 1 amide bonds. The van der Waals surface area contributed by atoms with E-state index in [0.29, 0.717) is 22.4 Å². The maximum atomic E-state index is 11.8. The van der Waals surface area contributed by atoms with E-state index >= 15 is 0 Å². The van der Waals surface area contributed by atoms with Gasteiger partial charge in [-0.05, 0) is 47.0 Å². The van der Waals surface area contributed by atoms with Crippen LogP contribution in [0.3, 0.4) is 0 Å². The van der Waals surface area contributed by atoms with Crippen LogP contribution >= 0.6 is 23.2 Å². The molecule has 1 heterocycles. The van der Waals surface area contributed by atoms with Crippen molar-refractivity contribution < 1.29 is 17.9 Å². The number of amides is 1. The smallest absolute Gasteiger partial charge is 0.235 e. The quantitative estimate of drug-likeness (QED) is 0.552. The molecule has 0 bridgehead atoms. The lowest BCUT2D eigenvalue weighted by Gasteiger charge is -2.22. The molecule has 1 saturated heterocycles. The van der Waals surface area contributed by atoms with E-state index in [9.17, 15) is 13.2 Å². The second-order valence-electron chi connectivity index (χ2n) is 7.36. The molecule has 31 heavy (non-hydrogen) atoms. The van der Waals surface area contributed by atoms with Crippen LogP contribution in [0.4, 0.5) is 0 Å². The summed E-state index contributed by atoms with van der Waals surface area (Å²) in [5, 5.41) is 1.17. The van der Waals surface area contributed by atoms with Crippen LogP contribution < -0.4 is 9.46 Å². The molecule has 0 radical (unpaired) electrons. The van der Waals surface area contributed by atoms with Crippen molar-refractivity contribution in [2.24, 2.45) is 0 Å². The van der Waals surface area contributed by atoms with Crippen molar-refractivity contribution in [2.75, 3.05) is 5.75 Å². The topological polar surface area (TPSA) is 72.5 Å². The number of sulfonamides is 1. The highest BCUT2D eigenvalue weighted by atomic mass is 35.5. The first-order valence-corrected chi connectivity index (χ1v) is 12.0. The van der Waals surface area contributed by atoms with E-state index in [4.69, 9.17) is 27.9 Å². The third kappa shape index (κ3) is 5.21. The number of hydrogen-bond acceptors (Lipinski definition) is 4. The highest BCUT2D eigenvalue weighted by Gasteiger charge is 2.30. The fourth-order valence-corrected chi connectivity index (χ4v) is 5.58. The summed E-state index contributed by atoms with van der Waals surface area (Å²) in [4.78, 5) is 11.6. The normalized spacial score (nSPS) is 17.7. The fraction of sp³-hybridized carbons (Fsp3) is 0.174. The number of carbonyl (C=O) groups is 1. The minimum absolute atomic E-state index is 0.101. The second-order valence-corrected chi connectivity index (χ2v) is 9.94. The van der Waals surface area contributed by atoms with Crippen molar-refractivity contribution in [1.82, 2.24) is 4.72 Å². The number of nitrogens with one attached hydrogen (secondary N) is 1. The molecular weight excluding hydrogens is 457 g/mol. The molecule has 1 aliphatic heterocycles. The molecule has 1 unspecified atom stereocenters. The Morgan fingerprint density at radius 3 is 2.32 bits per heavy atom. The lowest BCUT2D eigenvalue weighted by molar-refractivity contribution is -0.119. The minimum Gasteiger partial charge on any atom is -0.489 e. The number of hydrogen-bond donors (Lipinski definition) is 1. The van der Waals surface area contributed by atoms with E-state index in [1.165, 1.54) is 0 Å². The summed E-state index contributed by atoms with van der Waals surface area (Å²) in [6, 6.07) is 20.4. The highest BCUT2D eigenvalue weighted by Crippen LogP contribution is 2.35. The Balaban J connectivity index is 1.45. The number of rotatable bonds is 5. The van der Waals surface area contributed by atoms with Crippen LogP contribution in [0.25, 0.3) is 11.1 Å². The Hall–Kier alpha value is -2.54. The minimum atomic E-state index is -3.57. The third-order valence-corrected chi connectivity index (χ3v) is 7.07. The summed E-state index contributed by atoms with van der Waals surface area (Å²) in [7, 11) is -3.57. The van der Waals surface area contributed by atoms with Gasteiger partial charge in [0.25, 0.3) is 0 Å². The summed E-state index contributed by atoms with van der Waals surface area (Å²) >= 11 is 12.6. The zero-order valence-corrected chi connectivity index (χ0v) is 18.7. The maximum Gasteiger partial charge on any atom is 0.235 e. The molecule has 1 N–H and O–H groups in total. The van der Waals surface area contributed by atoms with Gasteiger partial charge in [0.15, 0.2) is 0 Å². The Kier molecular flexibility index (Phi) is 6.23. The molecule has 8 heteroatoms. The molecule has 3 aromatic carbocycles. The average Bonchev–Trinajstić information content (AvgIpc) is 2.71. The summed E-state index contributed by atoms with van der Waals surface area (Å²) < 4.78 is 31.4. The van der Waals surface area contributed by atoms with E-state index in [1.807, 2.05) is 29.0 Å². The van der Waals surface area contributed by atoms with Gasteiger partial charge in [-0.15, -0.1) is 0 Å². The van der Waals surface area contributed by atoms with Gasteiger partial charge in [0, 0.05) is 27.9 Å². The molecule has 0 aliphatic carbocycles. The van der Waals surface area contributed by atoms with Crippen LogP contribution in [0, 0.1) is 0 Å². The van der Waals surface area contributed by atoms with Gasteiger partial charge in [-0.25, -0.2) is 8.42 Å². The highest BCUT2D eigenvalue weighted by molar-refractivity contribution is 7.90. The van der Waals surface area contributed by atoms with Crippen LogP contribution in [-0.4, -0.2) is 20.1 Å². The zero-order valence-electron chi connectivity index (χ0n) is 16.3. The van der Waals surface area contributed by atoms with Crippen LogP contribution in [-0.2, 0) is 21.4 Å². The Labute approximate surface area is 191 Å². The molecule has 0 spiro atoms. The van der Waals surface area contributed by atoms with Crippen LogP contribution in [0.1, 0.15) is 23.5 Å². The first-order valence-electron chi connectivity index (χ1n) is 9.60. The van der Waals surface area contributed by atoms with Gasteiger partial charge >= 0.3 is 0 Å². The van der Waals surface area contributed by atoms with Crippen LogP contribution in [0.5, 0.6) is 5.75 Å². The number of ether oxygens (including phenoxy) is 1. The third-order valence-electron chi connectivity index (χ3n) is 5.06. The van der Waals surface area contributed by atoms with Gasteiger partial charge in [0.05, 0.1) is 5.75 Å². The van der Waals surface area contributed by atoms with E-state index in [1.54, 1.807) is 42.5 Å². The molecule has 1 aliphatic rings. The molecule has 0 saturated carbocycles. The number of benzene rings is 3. The summed E-state index contributed by atoms with van der Waals surface area (Å²) in [5.41, 5.74) is 3.43. The van der Waals surface area contributed by atoms with Crippen LogP contribution in [0.2, 0.25) is 10.0 Å². The summed E-state index contributed by atoms with van der Waals surface area (Å²) in [6.07, 6.45) is 0.150. The van der Waals surface area contributed by atoms with Gasteiger partial charge in [0.2, 0.25) is 15.9 Å². The molecule has 4 rings (SSSR count). The van der Waals surface area contributed by atoms with Gasteiger partial charge < -0.3 is 4.74 Å². The Bertz CT molecular complexity index is 1210. The monoisotopic (exact) mass is 475 g/mol. The maximum absolute atomic E-state index is 11.8. The van der Waals surface area contributed by atoms with Crippen LogP contribution in [0.15, 0.2) is 66.7 Å². The van der Waals surface area contributed by atoms with Crippen molar-refractivity contribution in [2.45, 2.75) is 18.9 Å². The van der Waals surface area contributed by atoms with Gasteiger partial charge in [0.1, 0.15) is 12.4 Å². The number of carbonyl (C=O) groups excluding carboxylic acids is 1. The molecule has 0 aromatic heterocycles. The molecule has 3 aromatic rings. The van der Waals surface area contributed by atoms with Gasteiger partial charge in [-0.1, -0.05) is 59.6 Å². The van der Waals surface area contributed by atoms with Crippen molar-refractivity contribution in [3.8, 4) is 16.9 Å². The predicted molar refractivity (Wildman–Crippen MR) is 122 cm³/mol. The van der Waals surface area contributed by atoms with E-state index < -0.39 is 15.9 Å². The van der Waals surface area contributed by atoms with E-state index in [2.05, 4.69) is 0 Å². The lowest BCUT2D eigenvalue weighted by atomic mass is 9.97. The largest absolute Gasteiger partial charge is 0.489 e. The zero-order chi connectivity index (χ0) is 22.0.